The van der Waals surface area contributed by atoms with Gasteiger partial charge in [-0.05, 0) is 145 Å². The van der Waals surface area contributed by atoms with Gasteiger partial charge in [0.15, 0.2) is 29.0 Å². The number of aryl methyl sites for hydroxylation is 3. The summed E-state index contributed by atoms with van der Waals surface area (Å²) in [6.45, 7) is 14.4. The van der Waals surface area contributed by atoms with Crippen molar-refractivity contribution in [3.8, 4) is 35.3 Å². The number of ketones is 3. The maximum absolute atomic E-state index is 14.4. The number of carbonyl (C=O) groups is 8. The van der Waals surface area contributed by atoms with E-state index in [9.17, 15) is 47.1 Å². The summed E-state index contributed by atoms with van der Waals surface area (Å²) in [6, 6.07) is 14.0. The zero-order valence-corrected chi connectivity index (χ0v) is 63.1. The number of benzene rings is 3. The highest BCUT2D eigenvalue weighted by atomic mass is 79.9. The Morgan fingerprint density at radius 1 is 0.546 bits per heavy atom. The van der Waals surface area contributed by atoms with Crippen LogP contribution in [-0.4, -0.2) is 179 Å². The van der Waals surface area contributed by atoms with Crippen molar-refractivity contribution in [2.75, 3.05) is 23.7 Å². The van der Waals surface area contributed by atoms with Gasteiger partial charge in [0, 0.05) is 93.5 Å². The number of rotatable bonds is 19. The fourth-order valence-electron chi connectivity index (χ4n) is 10.7. The number of carboxylic acids is 1. The number of halogens is 5. The fraction of sp³-hybridized carbons (Fsp3) is 0.300. The van der Waals surface area contributed by atoms with E-state index < -0.39 is 53.8 Å². The smallest absolute Gasteiger partial charge is 0.328 e. The van der Waals surface area contributed by atoms with Crippen molar-refractivity contribution in [1.82, 2.24) is 89.4 Å². The minimum atomic E-state index is -1.37. The zero-order valence-electron chi connectivity index (χ0n) is 59.1. The van der Waals surface area contributed by atoms with E-state index in [0.717, 1.165) is 16.7 Å². The molecule has 11 aromatic rings. The van der Waals surface area contributed by atoms with E-state index in [4.69, 9.17) is 24.1 Å². The number of alkyl halides is 2. The highest BCUT2D eigenvalue weighted by molar-refractivity contribution is 9.10. The highest BCUT2D eigenvalue weighted by Gasteiger charge is 2.40. The number of aliphatic carboxylic acids is 1. The number of hydrogen-bond donors (Lipinski definition) is 4. The molecule has 33 nitrogen and oxygen atoms in total. The van der Waals surface area contributed by atoms with Crippen LogP contribution in [0.1, 0.15) is 103 Å². The Balaban J connectivity index is 0.000000173. The molecule has 3 aromatic carbocycles. The van der Waals surface area contributed by atoms with E-state index in [-0.39, 0.29) is 122 Å². The normalized spacial score (nSPS) is 15.1. The number of carbonyl (C=O) groups excluding carboxylic acids is 7. The lowest BCUT2D eigenvalue weighted by Gasteiger charge is -2.23. The van der Waals surface area contributed by atoms with E-state index in [1.807, 2.05) is 20.8 Å². The van der Waals surface area contributed by atoms with Gasteiger partial charge < -0.3 is 44.9 Å². The number of aromatic nitrogens is 16. The lowest BCUT2D eigenvalue weighted by Crippen LogP contribution is -2.44. The number of amides is 3. The quantitative estimate of drug-likeness (QED) is 0.0431. The van der Waals surface area contributed by atoms with E-state index in [0.29, 0.717) is 65.0 Å². The molecule has 2 aliphatic heterocycles. The number of ether oxygens (including phenoxy) is 4. The maximum atomic E-state index is 14.4. The molecule has 0 unspecified atom stereocenters. The van der Waals surface area contributed by atoms with Crippen LogP contribution in [0.2, 0.25) is 0 Å². The monoisotopic (exact) mass is 1630 g/mol. The summed E-state index contributed by atoms with van der Waals surface area (Å²) < 4.78 is 54.6. The number of carboxylic acid groups (broad SMARTS) is 1. The number of anilines is 2. The Morgan fingerprint density at radius 3 is 1.30 bits per heavy atom. The molecule has 0 aliphatic carbocycles. The summed E-state index contributed by atoms with van der Waals surface area (Å²) in [5, 5.41) is 31.2. The lowest BCUT2D eigenvalue weighted by molar-refractivity contribution is -0.155. The molecule has 3 amide bonds. The van der Waals surface area contributed by atoms with Gasteiger partial charge in [0.05, 0.1) is 53.9 Å². The van der Waals surface area contributed by atoms with Gasteiger partial charge in [-0.2, -0.15) is 15.3 Å². The first-order valence-electron chi connectivity index (χ1n) is 32.6. The van der Waals surface area contributed by atoms with Crippen LogP contribution in [0.15, 0.2) is 126 Å². The van der Waals surface area contributed by atoms with E-state index in [1.54, 1.807) is 113 Å². The fourth-order valence-corrected chi connectivity index (χ4v) is 11.3. The standard InChI is InChI=1S/C25H22BrFN8O4.C20H22N4O4.C16H14N4O4.C9H10BrFN4O.ClH/c1-13-7-29-25(30-8-13)39-16-3-4-18-17(6-16)23(14(2)36)33-35(18)12-22(37)34-11-15(27)5-19(34)24(38)32-21-10-28-9-20(26)31-21;1-12-9-21-19(22-10-12)27-14-6-7-16-15(8-14)18(13(2)25)23-24(16)11-17(26)28-20(3,4)5;1-9-6-17-16(18-7-9)24-11-3-4-13-12(5-11)15(10(2)21)19-20(13)8-14(22)23;10-7-3-12-4-8(14-7)15-9(16)6-1-5(11)2-13-6;/h3-4,6-10,15,19H,5,11-12H2,1-2H3,(H,31,32,38);6-10H,11H2,1-5H3;3-7H,8H2,1-2H3,(H,22,23);3-6,13H,1-2H2,(H,14,15,16);1H/t15-,19+;;;5-,6+;/m1..1./s1. The summed E-state index contributed by atoms with van der Waals surface area (Å²) in [7, 11) is 0. The van der Waals surface area contributed by atoms with Crippen molar-refractivity contribution in [1.29, 1.82) is 0 Å². The summed E-state index contributed by atoms with van der Waals surface area (Å²) >= 11 is 6.32. The maximum Gasteiger partial charge on any atom is 0.328 e. The summed E-state index contributed by atoms with van der Waals surface area (Å²) in [5.74, 6) is -1.83. The van der Waals surface area contributed by atoms with Crippen LogP contribution < -0.4 is 30.2 Å². The van der Waals surface area contributed by atoms with Crippen LogP contribution in [-0.2, 0) is 48.3 Å². The Labute approximate surface area is 636 Å². The minimum absolute atomic E-state index is 0. The molecule has 0 spiro atoms. The Morgan fingerprint density at radius 2 is 0.935 bits per heavy atom. The second-order valence-electron chi connectivity index (χ2n) is 25.3. The van der Waals surface area contributed by atoms with Gasteiger partial charge in [-0.1, -0.05) is 0 Å². The third kappa shape index (κ3) is 21.5. The van der Waals surface area contributed by atoms with Gasteiger partial charge in [-0.15, -0.1) is 12.4 Å². The average molecular weight is 1630 g/mol. The number of Topliss-reactive ketones (excluding diaryl/α,β-unsaturated/α-hetero) is 3. The first kappa shape index (κ1) is 80.4. The zero-order chi connectivity index (χ0) is 77.0. The van der Waals surface area contributed by atoms with Crippen molar-refractivity contribution < 1.29 is 71.2 Å². The van der Waals surface area contributed by atoms with Gasteiger partial charge in [0.1, 0.15) is 87.2 Å². The Bertz CT molecular complexity index is 5170. The molecule has 0 saturated carbocycles. The molecular formula is C70H69Br2ClF2N20O13. The number of hydrogen-bond acceptors (Lipinski definition) is 26. The summed E-state index contributed by atoms with van der Waals surface area (Å²) in [4.78, 5) is 139. The van der Waals surface area contributed by atoms with E-state index in [2.05, 4.69) is 113 Å². The number of likely N-dealkylation sites (tertiary alicyclic amines) is 1. The number of nitrogens with one attached hydrogen (secondary N) is 3. The third-order valence-corrected chi connectivity index (χ3v) is 16.1. The number of fused-ring (bicyclic) bond motifs is 3. The minimum Gasteiger partial charge on any atom is -0.480 e. The number of nitrogens with zero attached hydrogens (tertiary/aromatic N) is 17. The van der Waals surface area contributed by atoms with Crippen LogP contribution in [0.25, 0.3) is 32.7 Å². The molecule has 562 valence electrons. The largest absolute Gasteiger partial charge is 0.480 e. The van der Waals surface area contributed by atoms with Crippen LogP contribution in [0.3, 0.4) is 0 Å². The molecular weight excluding hydrogens is 1560 g/mol. The predicted octanol–water partition coefficient (Wildman–Crippen LogP) is 10.2. The highest BCUT2D eigenvalue weighted by Crippen LogP contribution is 2.32. The molecule has 4 atom stereocenters. The van der Waals surface area contributed by atoms with Crippen molar-refractivity contribution in [2.24, 2.45) is 0 Å². The molecule has 2 saturated heterocycles. The Hall–Kier alpha value is -11.7. The van der Waals surface area contributed by atoms with Gasteiger partial charge >= 0.3 is 30.0 Å². The molecule has 2 aliphatic rings. The second-order valence-corrected chi connectivity index (χ2v) is 26.9. The van der Waals surface area contributed by atoms with Crippen molar-refractivity contribution in [3.05, 3.63) is 160 Å². The predicted molar refractivity (Wildman–Crippen MR) is 394 cm³/mol. The van der Waals surface area contributed by atoms with Crippen LogP contribution in [0.4, 0.5) is 20.4 Å². The molecule has 38 heteroatoms. The summed E-state index contributed by atoms with van der Waals surface area (Å²) in [5.41, 5.74) is 4.37. The van der Waals surface area contributed by atoms with Gasteiger partial charge in [0.2, 0.25) is 17.7 Å². The molecule has 4 N–H and O–H groups in total. The topological polar surface area (TPSA) is 415 Å². The van der Waals surface area contributed by atoms with Gasteiger partial charge in [0.25, 0.3) is 0 Å². The molecule has 8 aromatic heterocycles. The van der Waals surface area contributed by atoms with E-state index >= 15 is 0 Å². The molecule has 0 radical (unpaired) electrons. The molecule has 13 rings (SSSR count). The van der Waals surface area contributed by atoms with Gasteiger partial charge in [-0.3, -0.25) is 62.4 Å². The van der Waals surface area contributed by atoms with Gasteiger partial charge in [-0.25, -0.2) is 48.7 Å². The van der Waals surface area contributed by atoms with E-state index in [1.165, 1.54) is 64.5 Å². The lowest BCUT2D eigenvalue weighted by atomic mass is 10.1. The van der Waals surface area contributed by atoms with Crippen LogP contribution in [0, 0.1) is 20.8 Å². The molecule has 2 fully saturated rings. The summed E-state index contributed by atoms with van der Waals surface area (Å²) in [6.07, 6.45) is 13.3. The first-order valence-corrected chi connectivity index (χ1v) is 34.2. The van der Waals surface area contributed by atoms with Crippen molar-refractivity contribution in [3.63, 3.8) is 0 Å². The van der Waals surface area contributed by atoms with Crippen LogP contribution in [0.5, 0.6) is 35.3 Å². The first-order chi connectivity index (χ1) is 50.9. The van der Waals surface area contributed by atoms with Crippen LogP contribution >= 0.6 is 44.3 Å². The molecule has 0 bridgehead atoms. The van der Waals surface area contributed by atoms with Crippen molar-refractivity contribution in [2.45, 2.75) is 125 Å². The number of esters is 1. The molecule has 10 heterocycles. The average Bonchev–Trinajstić information content (AvgIpc) is 1.64. The SMILES string of the molecule is CC(=O)c1nn(CC(=O)N2C[C@H](F)C[C@H]2C(=O)Nc2cncc(Br)n2)c2ccc(Oc3ncc(C)cn3)cc12.CC(=O)c1nn(CC(=O)O)c2ccc(Oc3ncc(C)cn3)cc12.CC(=O)c1nn(CC(=O)OC(C)(C)C)c2ccc(Oc3ncc(C)cn3)cc12.Cl.O=C(Nc1cncc(Br)n1)[C@@H]1C[C@@H](F)CN1. The third-order valence-electron chi connectivity index (χ3n) is 15.3. The molecule has 108 heavy (non-hydrogen) atoms. The second kappa shape index (κ2) is 35.6. The Kier molecular flexibility index (Phi) is 26.5. The van der Waals surface area contributed by atoms with Crippen molar-refractivity contribution >= 4 is 136 Å².